The van der Waals surface area contributed by atoms with Crippen LogP contribution in [0.15, 0.2) is 53.5 Å². The summed E-state index contributed by atoms with van der Waals surface area (Å²) in [6.07, 6.45) is 1.24. The van der Waals surface area contributed by atoms with Crippen LogP contribution in [0.2, 0.25) is 5.02 Å². The lowest BCUT2D eigenvalue weighted by atomic mass is 10.1. The summed E-state index contributed by atoms with van der Waals surface area (Å²) in [7, 11) is -3.10. The molecule has 0 amide bonds. The summed E-state index contributed by atoms with van der Waals surface area (Å²) in [6, 6.07) is 15.3. The van der Waals surface area contributed by atoms with Crippen molar-refractivity contribution in [3.63, 3.8) is 0 Å². The van der Waals surface area contributed by atoms with Crippen LogP contribution in [0.3, 0.4) is 0 Å². The average molecular weight is 421 g/mol. The van der Waals surface area contributed by atoms with E-state index in [-0.39, 0.29) is 5.75 Å². The van der Waals surface area contributed by atoms with Gasteiger partial charge in [0.15, 0.2) is 15.8 Å². The number of aliphatic imine (C=N–C) groups is 1. The minimum Gasteiger partial charge on any atom is -0.370 e. The molecule has 0 saturated carbocycles. The highest BCUT2D eigenvalue weighted by Gasteiger charge is 2.18. The summed E-state index contributed by atoms with van der Waals surface area (Å²) in [5.41, 5.74) is 9.00. The summed E-state index contributed by atoms with van der Waals surface area (Å²) < 4.78 is 23.2. The van der Waals surface area contributed by atoms with E-state index in [4.69, 9.17) is 17.3 Å². The van der Waals surface area contributed by atoms with Gasteiger partial charge in [-0.25, -0.2) is 13.4 Å². The Morgan fingerprint density at radius 1 is 1.04 bits per heavy atom. The Balaban J connectivity index is 1.60. The average Bonchev–Trinajstić information content (AvgIpc) is 2.67. The van der Waals surface area contributed by atoms with Gasteiger partial charge in [-0.1, -0.05) is 35.9 Å². The van der Waals surface area contributed by atoms with E-state index in [9.17, 15) is 8.42 Å². The topological polar surface area (TPSA) is 79.0 Å². The monoisotopic (exact) mass is 420 g/mol. The van der Waals surface area contributed by atoms with Crippen molar-refractivity contribution in [1.82, 2.24) is 4.90 Å². The van der Waals surface area contributed by atoms with Crippen molar-refractivity contribution in [2.45, 2.75) is 12.3 Å². The number of anilines is 1. The zero-order valence-electron chi connectivity index (χ0n) is 15.9. The lowest BCUT2D eigenvalue weighted by Gasteiger charge is -2.36. The molecule has 6 nitrogen and oxygen atoms in total. The Labute approximate surface area is 171 Å². The fourth-order valence-corrected chi connectivity index (χ4v) is 4.22. The number of hydrogen-bond donors (Lipinski definition) is 1. The molecule has 0 aliphatic carbocycles. The minimum atomic E-state index is -3.10. The van der Waals surface area contributed by atoms with Crippen LogP contribution in [0.1, 0.15) is 11.1 Å². The first-order valence-electron chi connectivity index (χ1n) is 9.12. The van der Waals surface area contributed by atoms with Crippen LogP contribution in [0, 0.1) is 0 Å². The Bertz CT molecular complexity index is 937. The van der Waals surface area contributed by atoms with Gasteiger partial charge < -0.3 is 15.5 Å². The maximum Gasteiger partial charge on any atom is 0.191 e. The number of hydrogen-bond acceptors (Lipinski definition) is 4. The highest BCUT2D eigenvalue weighted by molar-refractivity contribution is 7.89. The molecule has 150 valence electrons. The first-order valence-corrected chi connectivity index (χ1v) is 11.6. The van der Waals surface area contributed by atoms with Crippen LogP contribution < -0.4 is 10.6 Å². The Morgan fingerprint density at radius 2 is 1.64 bits per heavy atom. The van der Waals surface area contributed by atoms with E-state index in [0.29, 0.717) is 12.5 Å². The molecule has 1 fully saturated rings. The van der Waals surface area contributed by atoms with E-state index >= 15 is 0 Å². The first kappa shape index (κ1) is 20.5. The molecule has 3 rings (SSSR count). The number of nitrogens with two attached hydrogens (primary N) is 1. The maximum atomic E-state index is 11.6. The van der Waals surface area contributed by atoms with Crippen molar-refractivity contribution >= 4 is 33.1 Å². The third-order valence-corrected chi connectivity index (χ3v) is 5.83. The maximum absolute atomic E-state index is 11.6. The van der Waals surface area contributed by atoms with Gasteiger partial charge in [0, 0.05) is 43.1 Å². The number of nitrogens with zero attached hydrogens (tertiary/aromatic N) is 3. The summed E-state index contributed by atoms with van der Waals surface area (Å²) >= 11 is 5.95. The van der Waals surface area contributed by atoms with Gasteiger partial charge in [0.2, 0.25) is 0 Å². The fraction of sp³-hybridized carbons (Fsp3) is 0.350. The van der Waals surface area contributed by atoms with Gasteiger partial charge in [0.1, 0.15) is 0 Å². The molecule has 0 aromatic heterocycles. The number of sulfone groups is 1. The van der Waals surface area contributed by atoms with E-state index in [0.717, 1.165) is 48.0 Å². The van der Waals surface area contributed by atoms with Gasteiger partial charge in [-0.05, 0) is 35.4 Å². The number of benzene rings is 2. The smallest absolute Gasteiger partial charge is 0.191 e. The van der Waals surface area contributed by atoms with Crippen molar-refractivity contribution in [3.8, 4) is 0 Å². The third kappa shape index (κ3) is 5.62. The van der Waals surface area contributed by atoms with E-state index in [1.54, 1.807) is 0 Å². The second-order valence-corrected chi connectivity index (χ2v) is 9.54. The van der Waals surface area contributed by atoms with Crippen LogP contribution in [-0.2, 0) is 22.1 Å². The van der Waals surface area contributed by atoms with Crippen LogP contribution in [-0.4, -0.2) is 51.7 Å². The summed E-state index contributed by atoms with van der Waals surface area (Å²) in [6.45, 7) is 3.63. The van der Waals surface area contributed by atoms with Gasteiger partial charge in [-0.2, -0.15) is 0 Å². The Morgan fingerprint density at radius 3 is 2.25 bits per heavy atom. The number of piperazine rings is 1. The first-order chi connectivity index (χ1) is 13.3. The Hall–Kier alpha value is -2.25. The molecule has 2 N–H and O–H groups in total. The lowest BCUT2D eigenvalue weighted by molar-refractivity contribution is 0.380. The van der Waals surface area contributed by atoms with Crippen LogP contribution in [0.4, 0.5) is 5.69 Å². The van der Waals surface area contributed by atoms with Gasteiger partial charge in [0.05, 0.1) is 12.3 Å². The molecule has 0 unspecified atom stereocenters. The molecule has 0 spiro atoms. The predicted molar refractivity (Wildman–Crippen MR) is 116 cm³/mol. The second-order valence-electron chi connectivity index (χ2n) is 6.96. The molecule has 8 heteroatoms. The van der Waals surface area contributed by atoms with Gasteiger partial charge >= 0.3 is 0 Å². The Kier molecular flexibility index (Phi) is 6.46. The number of halogens is 1. The predicted octanol–water partition coefficient (Wildman–Crippen LogP) is 2.52. The lowest BCUT2D eigenvalue weighted by Crippen LogP contribution is -2.51. The van der Waals surface area contributed by atoms with Gasteiger partial charge in [-0.3, -0.25) is 0 Å². The van der Waals surface area contributed by atoms with Crippen LogP contribution >= 0.6 is 11.6 Å². The standard InChI is InChI=1S/C20H25ClN4O2S/c1-28(26,27)15-17-5-3-2-4-16(17)14-23-20(22)25-12-10-24(11-13-25)19-8-6-18(21)7-9-19/h2-9H,10-15H2,1H3,(H2,22,23). The molecule has 0 radical (unpaired) electrons. The van der Waals surface area contributed by atoms with Crippen molar-refractivity contribution in [3.05, 3.63) is 64.7 Å². The third-order valence-electron chi connectivity index (χ3n) is 4.74. The molecule has 1 aliphatic rings. The highest BCUT2D eigenvalue weighted by Crippen LogP contribution is 2.19. The van der Waals surface area contributed by atoms with E-state index in [2.05, 4.69) is 14.8 Å². The van der Waals surface area contributed by atoms with Crippen LogP contribution in [0.25, 0.3) is 0 Å². The highest BCUT2D eigenvalue weighted by atomic mass is 35.5. The van der Waals surface area contributed by atoms with Gasteiger partial charge in [-0.15, -0.1) is 0 Å². The molecule has 1 aliphatic heterocycles. The van der Waals surface area contributed by atoms with Crippen molar-refractivity contribution in [1.29, 1.82) is 0 Å². The second kappa shape index (κ2) is 8.84. The van der Waals surface area contributed by atoms with Crippen molar-refractivity contribution in [2.75, 3.05) is 37.3 Å². The SMILES string of the molecule is CS(=O)(=O)Cc1ccccc1CN=C(N)N1CCN(c2ccc(Cl)cc2)CC1. The van der Waals surface area contributed by atoms with E-state index < -0.39 is 9.84 Å². The molecule has 28 heavy (non-hydrogen) atoms. The zero-order valence-corrected chi connectivity index (χ0v) is 17.5. The molecule has 1 saturated heterocycles. The normalized spacial score (nSPS) is 15.7. The molecular formula is C20H25ClN4O2S. The molecule has 0 atom stereocenters. The molecule has 2 aromatic carbocycles. The van der Waals surface area contributed by atoms with Crippen LogP contribution in [0.5, 0.6) is 0 Å². The fourth-order valence-electron chi connectivity index (χ4n) is 3.25. The zero-order chi connectivity index (χ0) is 20.1. The summed E-state index contributed by atoms with van der Waals surface area (Å²) in [5, 5.41) is 0.731. The molecule has 2 aromatic rings. The van der Waals surface area contributed by atoms with Gasteiger partial charge in [0.25, 0.3) is 0 Å². The van der Waals surface area contributed by atoms with E-state index in [1.165, 1.54) is 6.26 Å². The summed E-state index contributed by atoms with van der Waals surface area (Å²) in [5.74, 6) is 0.503. The molecule has 0 bridgehead atoms. The minimum absolute atomic E-state index is 0.0123. The molecule has 1 heterocycles. The largest absolute Gasteiger partial charge is 0.370 e. The van der Waals surface area contributed by atoms with Crippen molar-refractivity contribution < 1.29 is 8.42 Å². The quantitative estimate of drug-likeness (QED) is 0.594. The summed E-state index contributed by atoms with van der Waals surface area (Å²) in [4.78, 5) is 8.86. The molecular weight excluding hydrogens is 396 g/mol. The van der Waals surface area contributed by atoms with Crippen molar-refractivity contribution in [2.24, 2.45) is 10.7 Å². The number of guanidine groups is 1. The number of rotatable bonds is 5. The van der Waals surface area contributed by atoms with E-state index in [1.807, 2.05) is 48.5 Å².